The lowest BCUT2D eigenvalue weighted by Gasteiger charge is -2.04. The molecule has 2 heterocycles. The fourth-order valence-electron chi connectivity index (χ4n) is 1.97. The van der Waals surface area contributed by atoms with Gasteiger partial charge in [-0.15, -0.1) is 0 Å². The van der Waals surface area contributed by atoms with E-state index in [0.717, 1.165) is 27.5 Å². The fourth-order valence-corrected chi connectivity index (χ4v) is 2.33. The van der Waals surface area contributed by atoms with Gasteiger partial charge in [-0.05, 0) is 24.0 Å². The second kappa shape index (κ2) is 4.42. The Morgan fingerprint density at radius 2 is 2.22 bits per heavy atom. The van der Waals surface area contributed by atoms with Gasteiger partial charge in [0.1, 0.15) is 0 Å². The summed E-state index contributed by atoms with van der Waals surface area (Å²) in [5, 5.41) is 3.54. The number of fused-ring (bicyclic) bond motifs is 1. The van der Waals surface area contributed by atoms with Crippen molar-refractivity contribution in [3.05, 3.63) is 41.6 Å². The van der Waals surface area contributed by atoms with Crippen molar-refractivity contribution in [1.29, 1.82) is 0 Å². The maximum absolute atomic E-state index is 11.6. The highest BCUT2D eigenvalue weighted by atomic mass is 32.2. The Bertz CT molecular complexity index is 627. The van der Waals surface area contributed by atoms with Crippen molar-refractivity contribution in [3.8, 4) is 11.3 Å². The van der Waals surface area contributed by atoms with Crippen LogP contribution in [0, 0.1) is 0 Å². The summed E-state index contributed by atoms with van der Waals surface area (Å²) in [6.07, 6.45) is 3.68. The predicted molar refractivity (Wildman–Crippen MR) is 70.4 cm³/mol. The van der Waals surface area contributed by atoms with Gasteiger partial charge in [0.2, 0.25) is 0 Å². The average molecular weight is 257 g/mol. The molecular weight excluding hydrogens is 246 g/mol. The first-order valence-electron chi connectivity index (χ1n) is 5.56. The SMILES string of the molecule is CSc1nccc(-c2ccc3c(c2)C(=O)NC3)n1. The molecule has 1 amide bonds. The zero-order valence-electron chi connectivity index (χ0n) is 9.80. The number of hydrogen-bond donors (Lipinski definition) is 1. The lowest BCUT2D eigenvalue weighted by molar-refractivity contribution is 0.0966. The van der Waals surface area contributed by atoms with Gasteiger partial charge in [-0.25, -0.2) is 9.97 Å². The lowest BCUT2D eigenvalue weighted by Crippen LogP contribution is -2.12. The van der Waals surface area contributed by atoms with Crippen molar-refractivity contribution < 1.29 is 4.79 Å². The van der Waals surface area contributed by atoms with Crippen LogP contribution in [0.5, 0.6) is 0 Å². The topological polar surface area (TPSA) is 54.9 Å². The smallest absolute Gasteiger partial charge is 0.251 e. The van der Waals surface area contributed by atoms with E-state index >= 15 is 0 Å². The normalized spacial score (nSPS) is 13.3. The first kappa shape index (κ1) is 11.2. The molecule has 4 nitrogen and oxygen atoms in total. The molecule has 1 aliphatic rings. The van der Waals surface area contributed by atoms with Gasteiger partial charge in [0, 0.05) is 23.9 Å². The number of nitrogens with one attached hydrogen (secondary N) is 1. The Labute approximate surface area is 109 Å². The van der Waals surface area contributed by atoms with E-state index in [1.807, 2.05) is 30.5 Å². The van der Waals surface area contributed by atoms with Crippen LogP contribution in [-0.2, 0) is 6.54 Å². The second-order valence-electron chi connectivity index (χ2n) is 3.98. The molecule has 1 aromatic heterocycles. The predicted octanol–water partition coefficient (Wildman–Crippen LogP) is 2.11. The van der Waals surface area contributed by atoms with Crippen LogP contribution in [0.1, 0.15) is 15.9 Å². The maximum Gasteiger partial charge on any atom is 0.251 e. The number of benzene rings is 1. The van der Waals surface area contributed by atoms with Crippen LogP contribution in [0.3, 0.4) is 0 Å². The van der Waals surface area contributed by atoms with Crippen LogP contribution in [0.25, 0.3) is 11.3 Å². The third kappa shape index (κ3) is 1.86. The van der Waals surface area contributed by atoms with Gasteiger partial charge in [-0.3, -0.25) is 4.79 Å². The molecule has 1 aliphatic heterocycles. The molecule has 0 saturated heterocycles. The van der Waals surface area contributed by atoms with Crippen molar-refractivity contribution >= 4 is 17.7 Å². The zero-order chi connectivity index (χ0) is 12.5. The van der Waals surface area contributed by atoms with Crippen LogP contribution in [0.2, 0.25) is 0 Å². The number of carbonyl (C=O) groups excluding carboxylic acids is 1. The van der Waals surface area contributed by atoms with E-state index < -0.39 is 0 Å². The molecule has 0 fully saturated rings. The Kier molecular flexibility index (Phi) is 2.76. The molecule has 0 unspecified atom stereocenters. The summed E-state index contributed by atoms with van der Waals surface area (Å²) in [6.45, 7) is 0.619. The number of rotatable bonds is 2. The quantitative estimate of drug-likeness (QED) is 0.661. The number of nitrogens with zero attached hydrogens (tertiary/aromatic N) is 2. The minimum Gasteiger partial charge on any atom is -0.348 e. The fraction of sp³-hybridized carbons (Fsp3) is 0.154. The highest BCUT2D eigenvalue weighted by Crippen LogP contribution is 2.24. The molecular formula is C13H11N3OS. The molecule has 0 radical (unpaired) electrons. The molecule has 0 bridgehead atoms. The minimum atomic E-state index is -0.00834. The number of amides is 1. The standard InChI is InChI=1S/C13H11N3OS/c1-18-13-14-5-4-11(16-13)8-2-3-9-7-15-12(17)10(9)6-8/h2-6H,7H2,1H3,(H,15,17). The van der Waals surface area contributed by atoms with Gasteiger partial charge in [-0.1, -0.05) is 23.9 Å². The van der Waals surface area contributed by atoms with Crippen molar-refractivity contribution in [3.63, 3.8) is 0 Å². The number of carbonyl (C=O) groups is 1. The number of hydrogen-bond acceptors (Lipinski definition) is 4. The van der Waals surface area contributed by atoms with Crippen LogP contribution in [0.4, 0.5) is 0 Å². The van der Waals surface area contributed by atoms with E-state index in [1.54, 1.807) is 6.20 Å². The second-order valence-corrected chi connectivity index (χ2v) is 4.76. The Morgan fingerprint density at radius 3 is 3.06 bits per heavy atom. The van der Waals surface area contributed by atoms with Crippen molar-refractivity contribution in [2.24, 2.45) is 0 Å². The summed E-state index contributed by atoms with van der Waals surface area (Å²) in [6, 6.07) is 7.72. The highest BCUT2D eigenvalue weighted by Gasteiger charge is 2.19. The summed E-state index contributed by atoms with van der Waals surface area (Å²) in [4.78, 5) is 20.2. The van der Waals surface area contributed by atoms with E-state index in [-0.39, 0.29) is 5.91 Å². The van der Waals surface area contributed by atoms with E-state index in [0.29, 0.717) is 6.54 Å². The molecule has 18 heavy (non-hydrogen) atoms. The minimum absolute atomic E-state index is 0.00834. The van der Waals surface area contributed by atoms with Gasteiger partial charge in [-0.2, -0.15) is 0 Å². The van der Waals surface area contributed by atoms with Crippen LogP contribution in [0.15, 0.2) is 35.6 Å². The molecule has 3 rings (SSSR count). The van der Waals surface area contributed by atoms with Gasteiger partial charge >= 0.3 is 0 Å². The van der Waals surface area contributed by atoms with Gasteiger partial charge in [0.05, 0.1) is 5.69 Å². The Hall–Kier alpha value is -1.88. The number of aromatic nitrogens is 2. The summed E-state index contributed by atoms with van der Waals surface area (Å²) < 4.78 is 0. The molecule has 2 aromatic rings. The van der Waals surface area contributed by atoms with Crippen LogP contribution < -0.4 is 5.32 Å². The zero-order valence-corrected chi connectivity index (χ0v) is 10.6. The number of thioether (sulfide) groups is 1. The van der Waals surface area contributed by atoms with Gasteiger partial charge in [0.15, 0.2) is 5.16 Å². The van der Waals surface area contributed by atoms with E-state index in [1.165, 1.54) is 11.8 Å². The average Bonchev–Trinajstić information content (AvgIpc) is 2.80. The Morgan fingerprint density at radius 1 is 1.33 bits per heavy atom. The van der Waals surface area contributed by atoms with Crippen molar-refractivity contribution in [2.75, 3.05) is 6.26 Å². The maximum atomic E-state index is 11.6. The Balaban J connectivity index is 2.07. The third-order valence-corrected chi connectivity index (χ3v) is 3.47. The summed E-state index contributed by atoms with van der Waals surface area (Å²) in [5.74, 6) is -0.00834. The van der Waals surface area contributed by atoms with Gasteiger partial charge in [0.25, 0.3) is 5.91 Å². The van der Waals surface area contributed by atoms with E-state index in [9.17, 15) is 4.79 Å². The molecule has 0 atom stereocenters. The molecule has 0 aliphatic carbocycles. The third-order valence-electron chi connectivity index (χ3n) is 2.91. The van der Waals surface area contributed by atoms with Crippen LogP contribution in [-0.4, -0.2) is 22.1 Å². The molecule has 0 saturated carbocycles. The van der Waals surface area contributed by atoms with Crippen LogP contribution >= 0.6 is 11.8 Å². The van der Waals surface area contributed by atoms with Gasteiger partial charge < -0.3 is 5.32 Å². The monoisotopic (exact) mass is 257 g/mol. The first-order chi connectivity index (χ1) is 8.78. The molecule has 1 N–H and O–H groups in total. The van der Waals surface area contributed by atoms with E-state index in [4.69, 9.17) is 0 Å². The molecule has 5 heteroatoms. The summed E-state index contributed by atoms with van der Waals surface area (Å²) in [5.41, 5.74) is 3.58. The largest absolute Gasteiger partial charge is 0.348 e. The summed E-state index contributed by atoms with van der Waals surface area (Å²) >= 11 is 1.50. The van der Waals surface area contributed by atoms with Crippen molar-refractivity contribution in [2.45, 2.75) is 11.7 Å². The lowest BCUT2D eigenvalue weighted by atomic mass is 10.0. The first-order valence-corrected chi connectivity index (χ1v) is 6.79. The molecule has 1 aromatic carbocycles. The van der Waals surface area contributed by atoms with Crippen molar-refractivity contribution in [1.82, 2.24) is 15.3 Å². The molecule has 90 valence electrons. The molecule has 0 spiro atoms. The highest BCUT2D eigenvalue weighted by molar-refractivity contribution is 7.98. The van der Waals surface area contributed by atoms with E-state index in [2.05, 4.69) is 15.3 Å². The summed E-state index contributed by atoms with van der Waals surface area (Å²) in [7, 11) is 0.